The fourth-order valence-electron chi connectivity index (χ4n) is 3.79. The van der Waals surface area contributed by atoms with E-state index < -0.39 is 5.91 Å². The second-order valence-corrected chi connectivity index (χ2v) is 8.67. The highest BCUT2D eigenvalue weighted by atomic mass is 35.5. The molecule has 0 spiro atoms. The summed E-state index contributed by atoms with van der Waals surface area (Å²) in [5, 5.41) is 14.7. The van der Waals surface area contributed by atoms with E-state index in [1.54, 1.807) is 12.1 Å². The number of nitriles is 1. The Kier molecular flexibility index (Phi) is 6.55. The van der Waals surface area contributed by atoms with Crippen molar-refractivity contribution in [3.05, 3.63) is 105 Å². The van der Waals surface area contributed by atoms with Gasteiger partial charge in [0.1, 0.15) is 11.6 Å². The number of hydrogen-bond donors (Lipinski definition) is 1. The van der Waals surface area contributed by atoms with Gasteiger partial charge in [0.2, 0.25) is 0 Å². The molecule has 1 N–H and O–H groups in total. The van der Waals surface area contributed by atoms with Gasteiger partial charge in [0.15, 0.2) is 0 Å². The average Bonchev–Trinajstić information content (AvgIpc) is 3.06. The molecule has 0 saturated carbocycles. The van der Waals surface area contributed by atoms with Crippen LogP contribution in [0.15, 0.2) is 72.3 Å². The van der Waals surface area contributed by atoms with E-state index in [1.165, 1.54) is 0 Å². The van der Waals surface area contributed by atoms with Crippen molar-refractivity contribution in [2.24, 2.45) is 0 Å². The van der Waals surface area contributed by atoms with Gasteiger partial charge >= 0.3 is 0 Å². The number of hydrogen-bond acceptors (Lipinski definition) is 2. The van der Waals surface area contributed by atoms with Crippen LogP contribution in [0.3, 0.4) is 0 Å². The van der Waals surface area contributed by atoms with Crippen LogP contribution in [0.4, 0.5) is 5.69 Å². The molecule has 1 amide bonds. The smallest absolute Gasteiger partial charge is 0.266 e. The Morgan fingerprint density at radius 3 is 2.48 bits per heavy atom. The van der Waals surface area contributed by atoms with E-state index in [4.69, 9.17) is 23.2 Å². The molecule has 4 aromatic rings. The molecule has 0 fully saturated rings. The van der Waals surface area contributed by atoms with Crippen molar-refractivity contribution in [2.75, 3.05) is 5.32 Å². The van der Waals surface area contributed by atoms with Gasteiger partial charge in [-0.25, -0.2) is 0 Å². The predicted molar refractivity (Wildman–Crippen MR) is 136 cm³/mol. The Balaban J connectivity index is 1.74. The summed E-state index contributed by atoms with van der Waals surface area (Å²) < 4.78 is 2.13. The Labute approximate surface area is 202 Å². The molecule has 6 heteroatoms. The topological polar surface area (TPSA) is 57.8 Å². The van der Waals surface area contributed by atoms with Gasteiger partial charge in [-0.3, -0.25) is 4.79 Å². The number of benzene rings is 3. The standard InChI is InChI=1S/C27H21Cl2N3O/c1-17-7-11-22(12-8-17)31-27(33)20(15-30)13-24-18(2)32(26-6-4-3-5-23(24)26)16-19-9-10-21(28)14-25(19)29/h3-14H,16H2,1-2H3,(H,31,33)/b20-13-. The molecule has 0 atom stereocenters. The largest absolute Gasteiger partial charge is 0.340 e. The van der Waals surface area contributed by atoms with E-state index in [1.807, 2.05) is 74.5 Å². The van der Waals surface area contributed by atoms with Crippen LogP contribution in [0.2, 0.25) is 10.0 Å². The zero-order valence-corrected chi connectivity index (χ0v) is 19.7. The van der Waals surface area contributed by atoms with Gasteiger partial charge in [-0.15, -0.1) is 0 Å². The number of aromatic nitrogens is 1. The lowest BCUT2D eigenvalue weighted by Gasteiger charge is -2.11. The first-order valence-electron chi connectivity index (χ1n) is 10.4. The van der Waals surface area contributed by atoms with E-state index in [-0.39, 0.29) is 5.57 Å². The van der Waals surface area contributed by atoms with E-state index in [0.717, 1.165) is 33.3 Å². The van der Waals surface area contributed by atoms with Crippen molar-refractivity contribution in [3.8, 4) is 6.07 Å². The Hall–Kier alpha value is -3.52. The molecule has 0 bridgehead atoms. The molecule has 0 radical (unpaired) electrons. The van der Waals surface area contributed by atoms with Crippen LogP contribution in [-0.2, 0) is 11.3 Å². The Bertz CT molecular complexity index is 1430. The maximum atomic E-state index is 12.8. The predicted octanol–water partition coefficient (Wildman–Crippen LogP) is 7.16. The molecule has 0 unspecified atom stereocenters. The van der Waals surface area contributed by atoms with Gasteiger partial charge in [0, 0.05) is 44.4 Å². The molecule has 33 heavy (non-hydrogen) atoms. The Morgan fingerprint density at radius 1 is 1.06 bits per heavy atom. The summed E-state index contributed by atoms with van der Waals surface area (Å²) in [6, 6.07) is 22.9. The number of halogens is 2. The molecule has 4 nitrogen and oxygen atoms in total. The summed E-state index contributed by atoms with van der Waals surface area (Å²) in [5.41, 5.74) is 5.44. The molecule has 0 aliphatic rings. The summed E-state index contributed by atoms with van der Waals surface area (Å²) in [6.45, 7) is 4.48. The van der Waals surface area contributed by atoms with Crippen LogP contribution in [0.1, 0.15) is 22.4 Å². The molecule has 1 aromatic heterocycles. The van der Waals surface area contributed by atoms with Crippen LogP contribution in [0.5, 0.6) is 0 Å². The van der Waals surface area contributed by atoms with E-state index in [9.17, 15) is 10.1 Å². The van der Waals surface area contributed by atoms with Crippen molar-refractivity contribution in [2.45, 2.75) is 20.4 Å². The van der Waals surface area contributed by atoms with Crippen molar-refractivity contribution in [1.29, 1.82) is 5.26 Å². The van der Waals surface area contributed by atoms with Crippen molar-refractivity contribution in [1.82, 2.24) is 4.57 Å². The summed E-state index contributed by atoms with van der Waals surface area (Å²) in [4.78, 5) is 12.8. The molecule has 1 heterocycles. The van der Waals surface area contributed by atoms with Gasteiger partial charge in [-0.1, -0.05) is 65.2 Å². The third kappa shape index (κ3) is 4.80. The fraction of sp³-hybridized carbons (Fsp3) is 0.111. The highest BCUT2D eigenvalue weighted by Crippen LogP contribution is 2.30. The first-order valence-corrected chi connectivity index (χ1v) is 11.1. The number of carbonyl (C=O) groups excluding carboxylic acids is 1. The quantitative estimate of drug-likeness (QED) is 0.247. The van der Waals surface area contributed by atoms with E-state index in [0.29, 0.717) is 22.3 Å². The minimum atomic E-state index is -0.446. The molecule has 164 valence electrons. The van der Waals surface area contributed by atoms with Crippen LogP contribution in [0, 0.1) is 25.2 Å². The highest BCUT2D eigenvalue weighted by molar-refractivity contribution is 6.35. The number of nitrogens with one attached hydrogen (secondary N) is 1. The monoisotopic (exact) mass is 473 g/mol. The normalized spacial score (nSPS) is 11.4. The van der Waals surface area contributed by atoms with Crippen LogP contribution < -0.4 is 5.32 Å². The van der Waals surface area contributed by atoms with Gasteiger partial charge in [-0.05, 0) is 55.8 Å². The first-order chi connectivity index (χ1) is 15.9. The lowest BCUT2D eigenvalue weighted by molar-refractivity contribution is -0.112. The van der Waals surface area contributed by atoms with Gasteiger partial charge < -0.3 is 9.88 Å². The number of amides is 1. The number of rotatable bonds is 5. The number of aryl methyl sites for hydroxylation is 1. The minimum Gasteiger partial charge on any atom is -0.340 e. The number of fused-ring (bicyclic) bond motifs is 1. The Morgan fingerprint density at radius 2 is 1.79 bits per heavy atom. The fourth-order valence-corrected chi connectivity index (χ4v) is 4.26. The number of nitrogens with zero attached hydrogens (tertiary/aromatic N) is 2. The second kappa shape index (κ2) is 9.54. The molecule has 4 rings (SSSR count). The van der Waals surface area contributed by atoms with E-state index >= 15 is 0 Å². The van der Waals surface area contributed by atoms with Crippen LogP contribution in [-0.4, -0.2) is 10.5 Å². The van der Waals surface area contributed by atoms with Gasteiger partial charge in [-0.2, -0.15) is 5.26 Å². The molecule has 0 aliphatic heterocycles. The number of anilines is 1. The molecule has 0 aliphatic carbocycles. The summed E-state index contributed by atoms with van der Waals surface area (Å²) >= 11 is 12.5. The van der Waals surface area contributed by atoms with Crippen molar-refractivity contribution < 1.29 is 4.79 Å². The van der Waals surface area contributed by atoms with Crippen LogP contribution >= 0.6 is 23.2 Å². The molecule has 3 aromatic carbocycles. The molecule has 0 saturated heterocycles. The minimum absolute atomic E-state index is 0.0334. The lowest BCUT2D eigenvalue weighted by Crippen LogP contribution is -2.13. The zero-order chi connectivity index (χ0) is 23.5. The third-order valence-corrected chi connectivity index (χ3v) is 6.17. The number of para-hydroxylation sites is 1. The maximum Gasteiger partial charge on any atom is 0.266 e. The number of carbonyl (C=O) groups is 1. The van der Waals surface area contributed by atoms with Crippen molar-refractivity contribution in [3.63, 3.8) is 0 Å². The first kappa shape index (κ1) is 22.7. The summed E-state index contributed by atoms with van der Waals surface area (Å²) in [7, 11) is 0. The SMILES string of the molecule is Cc1ccc(NC(=O)/C(C#N)=C\c2c(C)n(Cc3ccc(Cl)cc3Cl)c3ccccc23)cc1. The third-order valence-electron chi connectivity index (χ3n) is 5.59. The van der Waals surface area contributed by atoms with Gasteiger partial charge in [0.05, 0.1) is 0 Å². The second-order valence-electron chi connectivity index (χ2n) is 7.83. The summed E-state index contributed by atoms with van der Waals surface area (Å²) in [6.07, 6.45) is 1.65. The van der Waals surface area contributed by atoms with Crippen molar-refractivity contribution >= 4 is 51.8 Å². The average molecular weight is 474 g/mol. The van der Waals surface area contributed by atoms with E-state index in [2.05, 4.69) is 16.0 Å². The lowest BCUT2D eigenvalue weighted by atomic mass is 10.1. The van der Waals surface area contributed by atoms with Crippen LogP contribution in [0.25, 0.3) is 17.0 Å². The summed E-state index contributed by atoms with van der Waals surface area (Å²) in [5.74, 6) is -0.446. The zero-order valence-electron chi connectivity index (χ0n) is 18.2. The molecular weight excluding hydrogens is 453 g/mol. The highest BCUT2D eigenvalue weighted by Gasteiger charge is 2.17. The maximum absolute atomic E-state index is 12.8. The van der Waals surface area contributed by atoms with Gasteiger partial charge in [0.25, 0.3) is 5.91 Å². The molecular formula is C27H21Cl2N3O.